The number of carbonyl (C=O) groups excluding carboxylic acids is 1. The molecule has 1 atom stereocenters. The van der Waals surface area contributed by atoms with E-state index in [4.69, 9.17) is 23.2 Å². The van der Waals surface area contributed by atoms with Crippen LogP contribution in [0.1, 0.15) is 12.8 Å². The minimum absolute atomic E-state index is 0.0953. The van der Waals surface area contributed by atoms with Crippen molar-refractivity contribution in [1.82, 2.24) is 0 Å². The van der Waals surface area contributed by atoms with E-state index in [0.29, 0.717) is 33.9 Å². The predicted octanol–water partition coefficient (Wildman–Crippen LogP) is 3.89. The summed E-state index contributed by atoms with van der Waals surface area (Å²) in [5.74, 6) is 0.0953. The van der Waals surface area contributed by atoms with Crippen LogP contribution >= 0.6 is 34.8 Å². The number of hydrogen-bond donors (Lipinski definition) is 0. The van der Waals surface area contributed by atoms with Crippen LogP contribution in [0.5, 0.6) is 0 Å². The topological polar surface area (TPSA) is 20.3 Å². The molecule has 95 valence electrons. The summed E-state index contributed by atoms with van der Waals surface area (Å²) in [6, 6.07) is 5.31. The summed E-state index contributed by atoms with van der Waals surface area (Å²) in [7, 11) is 0. The van der Waals surface area contributed by atoms with Gasteiger partial charge in [-0.3, -0.25) is 4.79 Å². The van der Waals surface area contributed by atoms with E-state index in [0.717, 1.165) is 6.42 Å². The van der Waals surface area contributed by atoms with E-state index < -0.39 is 0 Å². The molecule has 1 unspecified atom stereocenters. The second-order valence-corrected chi connectivity index (χ2v) is 6.33. The lowest BCUT2D eigenvalue weighted by Crippen LogP contribution is -2.42. The molecule has 2 rings (SSSR count). The second kappa shape index (κ2) is 6.22. The fourth-order valence-corrected chi connectivity index (χ4v) is 3.56. The number of hydrogen-bond acceptors (Lipinski definition) is 2. The van der Waals surface area contributed by atoms with Gasteiger partial charge in [-0.15, -0.1) is 0 Å². The van der Waals surface area contributed by atoms with Crippen molar-refractivity contribution in [3.63, 3.8) is 0 Å². The van der Waals surface area contributed by atoms with Crippen LogP contribution in [-0.4, -0.2) is 24.3 Å². The Morgan fingerprint density at radius 1 is 1.39 bits per heavy atom. The van der Waals surface area contributed by atoms with Gasteiger partial charge in [0.15, 0.2) is 6.56 Å². The van der Waals surface area contributed by atoms with E-state index in [1.54, 1.807) is 34.7 Å². The number of nitrogens with zero attached hydrogens (tertiary/aromatic N) is 1. The Morgan fingerprint density at radius 2 is 2.06 bits per heavy atom. The molecule has 0 saturated carbocycles. The zero-order chi connectivity index (χ0) is 13.1. The van der Waals surface area contributed by atoms with Crippen molar-refractivity contribution in [2.45, 2.75) is 24.9 Å². The van der Waals surface area contributed by atoms with Crippen LogP contribution in [0.4, 0.5) is 5.69 Å². The molecule has 18 heavy (non-hydrogen) atoms. The van der Waals surface area contributed by atoms with Gasteiger partial charge in [0.05, 0.1) is 15.7 Å². The van der Waals surface area contributed by atoms with Crippen LogP contribution in [0.2, 0.25) is 16.9 Å². The smallest absolute Gasteiger partial charge is 0.227 e. The monoisotopic (exact) mass is 300 g/mol. The van der Waals surface area contributed by atoms with Crippen molar-refractivity contribution in [2.24, 2.45) is 0 Å². The molecule has 1 amide bonds. The summed E-state index contributed by atoms with van der Waals surface area (Å²) in [6.45, 7) is 4.73. The van der Waals surface area contributed by atoms with Gasteiger partial charge >= 0.3 is 0 Å². The second-order valence-electron chi connectivity index (χ2n) is 4.11. The van der Waals surface area contributed by atoms with Crippen molar-refractivity contribution in [1.29, 1.82) is 0 Å². The fourth-order valence-electron chi connectivity index (χ4n) is 2.08. The maximum absolute atomic E-state index is 12.0. The molecular weight excluding hydrogens is 288 g/mol. The first-order chi connectivity index (χ1) is 8.63. The molecule has 0 bridgehead atoms. The zero-order valence-electron chi connectivity index (χ0n) is 10.0. The first-order valence-corrected chi connectivity index (χ1v) is 7.51. The maximum Gasteiger partial charge on any atom is 0.227 e. The number of carbonyl (C=O) groups is 1. The minimum Gasteiger partial charge on any atom is -0.309 e. The Kier molecular flexibility index (Phi) is 4.87. The van der Waals surface area contributed by atoms with E-state index in [1.165, 1.54) is 0 Å². The first-order valence-electron chi connectivity index (χ1n) is 5.81. The molecule has 6 heteroatoms. The number of anilines is 1. The Hall–Kier alpha value is -0.315. The van der Waals surface area contributed by atoms with E-state index in [1.807, 2.05) is 6.82 Å². The van der Waals surface area contributed by atoms with Crippen molar-refractivity contribution >= 4 is 53.0 Å². The van der Waals surface area contributed by atoms with Gasteiger partial charge in [-0.25, -0.2) is 11.6 Å². The Morgan fingerprint density at radius 3 is 2.67 bits per heavy atom. The summed E-state index contributed by atoms with van der Waals surface area (Å²) in [4.78, 5) is 13.8. The van der Waals surface area contributed by atoms with E-state index in [-0.39, 0.29) is 5.91 Å². The minimum atomic E-state index is 0.0953. The summed E-state index contributed by atoms with van der Waals surface area (Å²) < 4.78 is 0. The summed E-state index contributed by atoms with van der Waals surface area (Å²) in [6.07, 6.45) is 1.46. The number of amides is 1. The molecule has 1 saturated heterocycles. The highest BCUT2D eigenvalue weighted by Crippen LogP contribution is 2.36. The molecule has 1 fully saturated rings. The lowest BCUT2D eigenvalue weighted by Gasteiger charge is -2.33. The van der Waals surface area contributed by atoms with Crippen molar-refractivity contribution in [3.8, 4) is 0 Å². The summed E-state index contributed by atoms with van der Waals surface area (Å²) in [5.41, 5.74) is 0.646. The van der Waals surface area contributed by atoms with Crippen LogP contribution in [0.25, 0.3) is 0 Å². The van der Waals surface area contributed by atoms with Crippen LogP contribution < -0.4 is 4.90 Å². The number of para-hydroxylation sites is 1. The highest BCUT2D eigenvalue weighted by Gasteiger charge is 2.29. The van der Waals surface area contributed by atoms with Gasteiger partial charge in [-0.1, -0.05) is 36.1 Å². The number of rotatable bonds is 3. The third-order valence-corrected chi connectivity index (χ3v) is 4.56. The Bertz CT molecular complexity index is 437. The molecule has 1 aromatic rings. The quantitative estimate of drug-likeness (QED) is 0.789. The third-order valence-electron chi connectivity index (χ3n) is 2.90. The van der Waals surface area contributed by atoms with Gasteiger partial charge in [0.2, 0.25) is 5.91 Å². The number of piperidine rings is 1. The highest BCUT2D eigenvalue weighted by molar-refractivity contribution is 8.22. The third kappa shape index (κ3) is 2.98. The van der Waals surface area contributed by atoms with Crippen molar-refractivity contribution < 1.29 is 4.79 Å². The lowest BCUT2D eigenvalue weighted by atomic mass is 10.1. The summed E-state index contributed by atoms with van der Waals surface area (Å²) in [5, 5.41) is 1.48. The largest absolute Gasteiger partial charge is 0.309 e. The van der Waals surface area contributed by atoms with Gasteiger partial charge in [0.25, 0.3) is 0 Å². The molecule has 0 N–H and O–H groups in total. The van der Waals surface area contributed by atoms with Crippen LogP contribution in [0.3, 0.4) is 0 Å². The average Bonchev–Trinajstić information content (AvgIpc) is 2.33. The van der Waals surface area contributed by atoms with Gasteiger partial charge in [0.1, 0.15) is 0 Å². The van der Waals surface area contributed by atoms with E-state index >= 15 is 0 Å². The highest BCUT2D eigenvalue weighted by atomic mass is 35.5. The average molecular weight is 301 g/mol. The van der Waals surface area contributed by atoms with Gasteiger partial charge < -0.3 is 4.90 Å². The van der Waals surface area contributed by atoms with Crippen molar-refractivity contribution in [2.75, 3.05) is 11.4 Å². The molecule has 1 aromatic carbocycles. The molecular formula is C12H13BCl2NOS. The van der Waals surface area contributed by atoms with Crippen LogP contribution in [0, 0.1) is 0 Å². The molecule has 1 heterocycles. The maximum atomic E-state index is 12.0. The molecule has 0 aliphatic carbocycles. The van der Waals surface area contributed by atoms with Gasteiger partial charge in [0, 0.05) is 18.2 Å². The number of halogens is 2. The molecule has 0 spiro atoms. The van der Waals surface area contributed by atoms with E-state index in [2.05, 4.69) is 6.56 Å². The van der Waals surface area contributed by atoms with Gasteiger partial charge in [-0.2, -0.15) is 0 Å². The van der Waals surface area contributed by atoms with Gasteiger partial charge in [-0.05, 0) is 18.6 Å². The Balaban J connectivity index is 2.27. The summed E-state index contributed by atoms with van der Waals surface area (Å²) >= 11 is 14.1. The normalized spacial score (nSPS) is 20.1. The molecule has 2 nitrogen and oxygen atoms in total. The van der Waals surface area contributed by atoms with E-state index in [9.17, 15) is 4.79 Å². The SMILES string of the molecule is C[B]SC1CCC(=O)N(c2c(Cl)cccc2Cl)C1. The van der Waals surface area contributed by atoms with Crippen LogP contribution in [0.15, 0.2) is 18.2 Å². The molecule has 1 aliphatic heterocycles. The molecule has 1 radical (unpaired) electrons. The van der Waals surface area contributed by atoms with Crippen LogP contribution in [-0.2, 0) is 4.79 Å². The molecule has 0 aromatic heterocycles. The molecule has 1 aliphatic rings. The van der Waals surface area contributed by atoms with Crippen molar-refractivity contribution in [3.05, 3.63) is 28.2 Å². The standard InChI is InChI=1S/C12H13BCl2NOS/c1-13-18-8-5-6-11(17)16(7-8)12-9(14)3-2-4-10(12)15/h2-4,8H,5-7H2,1H3. The Labute approximate surface area is 122 Å². The fraction of sp³-hybridized carbons (Fsp3) is 0.417. The first kappa shape index (κ1) is 14.1. The lowest BCUT2D eigenvalue weighted by molar-refractivity contribution is -0.119. The number of benzene rings is 1. The predicted molar refractivity (Wildman–Crippen MR) is 81.0 cm³/mol. The zero-order valence-corrected chi connectivity index (χ0v) is 12.4.